The molecule has 4 rings (SSSR count). The maximum atomic E-state index is 13.1. The summed E-state index contributed by atoms with van der Waals surface area (Å²) < 4.78 is 1.51. The molecule has 0 bridgehead atoms. The SMILES string of the molecule is Cc1cc(Cl)ccc1NC(=O)c1sc2ncn(Cc3ccccc3Cl)c(=O)c2c1C. The van der Waals surface area contributed by atoms with Gasteiger partial charge in [0.25, 0.3) is 11.5 Å². The van der Waals surface area contributed by atoms with Crippen LogP contribution in [0.1, 0.15) is 26.4 Å². The van der Waals surface area contributed by atoms with Gasteiger partial charge in [-0.1, -0.05) is 41.4 Å². The van der Waals surface area contributed by atoms with E-state index in [0.717, 1.165) is 11.1 Å². The van der Waals surface area contributed by atoms with Gasteiger partial charge in [-0.25, -0.2) is 4.98 Å². The van der Waals surface area contributed by atoms with Gasteiger partial charge in [-0.2, -0.15) is 0 Å². The van der Waals surface area contributed by atoms with Crippen LogP contribution in [0.5, 0.6) is 0 Å². The molecular formula is C22H17Cl2N3O2S. The lowest BCUT2D eigenvalue weighted by Gasteiger charge is -2.08. The number of fused-ring (bicyclic) bond motifs is 1. The van der Waals surface area contributed by atoms with Gasteiger partial charge in [0.2, 0.25) is 0 Å². The quantitative estimate of drug-likeness (QED) is 0.428. The van der Waals surface area contributed by atoms with Crippen molar-refractivity contribution in [2.45, 2.75) is 20.4 Å². The summed E-state index contributed by atoms with van der Waals surface area (Å²) in [7, 11) is 0. The van der Waals surface area contributed by atoms with Crippen LogP contribution in [0.3, 0.4) is 0 Å². The summed E-state index contributed by atoms with van der Waals surface area (Å²) in [4.78, 5) is 31.4. The predicted octanol–water partition coefficient (Wildman–Crippen LogP) is 5.68. The number of carbonyl (C=O) groups excluding carboxylic acids is 1. The largest absolute Gasteiger partial charge is 0.321 e. The molecule has 30 heavy (non-hydrogen) atoms. The average molecular weight is 458 g/mol. The van der Waals surface area contributed by atoms with Gasteiger partial charge in [0.15, 0.2) is 0 Å². The van der Waals surface area contributed by atoms with Crippen LogP contribution in [0.2, 0.25) is 10.0 Å². The summed E-state index contributed by atoms with van der Waals surface area (Å²) in [5.74, 6) is -0.280. The number of hydrogen-bond donors (Lipinski definition) is 1. The fourth-order valence-corrected chi connectivity index (χ4v) is 4.70. The van der Waals surface area contributed by atoms with Crippen molar-refractivity contribution in [1.29, 1.82) is 0 Å². The molecule has 0 saturated heterocycles. The smallest absolute Gasteiger partial charge is 0.266 e. The normalized spacial score (nSPS) is 11.1. The van der Waals surface area contributed by atoms with Gasteiger partial charge in [0, 0.05) is 15.7 Å². The number of nitrogens with one attached hydrogen (secondary N) is 1. The molecule has 2 aromatic heterocycles. The van der Waals surface area contributed by atoms with Crippen molar-refractivity contribution in [3.8, 4) is 0 Å². The van der Waals surface area contributed by atoms with Gasteiger partial charge in [-0.3, -0.25) is 14.2 Å². The second-order valence-electron chi connectivity index (χ2n) is 6.92. The van der Waals surface area contributed by atoms with Crippen LogP contribution in [0, 0.1) is 13.8 Å². The molecule has 0 radical (unpaired) electrons. The maximum absolute atomic E-state index is 13.1. The minimum atomic E-state index is -0.280. The van der Waals surface area contributed by atoms with Gasteiger partial charge in [-0.15, -0.1) is 11.3 Å². The van der Waals surface area contributed by atoms with Crippen molar-refractivity contribution in [3.63, 3.8) is 0 Å². The zero-order chi connectivity index (χ0) is 21.4. The fraction of sp³-hybridized carbons (Fsp3) is 0.136. The lowest BCUT2D eigenvalue weighted by molar-refractivity contribution is 0.103. The summed E-state index contributed by atoms with van der Waals surface area (Å²) in [5, 5.41) is 4.54. The highest BCUT2D eigenvalue weighted by atomic mass is 35.5. The lowest BCUT2D eigenvalue weighted by Crippen LogP contribution is -2.21. The highest BCUT2D eigenvalue weighted by Gasteiger charge is 2.20. The van der Waals surface area contributed by atoms with Crippen molar-refractivity contribution in [3.05, 3.63) is 90.8 Å². The van der Waals surface area contributed by atoms with Crippen LogP contribution in [-0.2, 0) is 6.54 Å². The first-order chi connectivity index (χ1) is 14.3. The summed E-state index contributed by atoms with van der Waals surface area (Å²) >= 11 is 13.4. The van der Waals surface area contributed by atoms with E-state index in [4.69, 9.17) is 23.2 Å². The van der Waals surface area contributed by atoms with Crippen LogP contribution in [0.15, 0.2) is 53.6 Å². The van der Waals surface area contributed by atoms with Gasteiger partial charge in [-0.05, 0) is 54.8 Å². The Balaban J connectivity index is 1.70. The predicted molar refractivity (Wildman–Crippen MR) is 123 cm³/mol. The molecule has 2 aromatic carbocycles. The molecule has 5 nitrogen and oxygen atoms in total. The lowest BCUT2D eigenvalue weighted by atomic mass is 10.1. The molecule has 8 heteroatoms. The number of halogens is 2. The van der Waals surface area contributed by atoms with Crippen molar-refractivity contribution in [1.82, 2.24) is 9.55 Å². The Morgan fingerprint density at radius 3 is 2.67 bits per heavy atom. The highest BCUT2D eigenvalue weighted by Crippen LogP contribution is 2.29. The third-order valence-corrected chi connectivity index (χ3v) is 6.66. The summed E-state index contributed by atoms with van der Waals surface area (Å²) in [6.45, 7) is 3.95. The number of rotatable bonds is 4. The van der Waals surface area contributed by atoms with Crippen molar-refractivity contribution < 1.29 is 4.79 Å². The number of amides is 1. The minimum absolute atomic E-state index is 0.199. The molecule has 0 aliphatic heterocycles. The Hall–Kier alpha value is -2.67. The Morgan fingerprint density at radius 1 is 1.17 bits per heavy atom. The van der Waals surface area contributed by atoms with Gasteiger partial charge in [0.05, 0.1) is 23.1 Å². The third-order valence-electron chi connectivity index (χ3n) is 4.86. The second-order valence-corrected chi connectivity index (χ2v) is 8.76. The minimum Gasteiger partial charge on any atom is -0.321 e. The molecule has 4 aromatic rings. The van der Waals surface area contributed by atoms with E-state index >= 15 is 0 Å². The first kappa shape index (κ1) is 20.6. The molecule has 0 aliphatic carbocycles. The number of nitrogens with zero attached hydrogens (tertiary/aromatic N) is 2. The molecule has 0 aliphatic rings. The van der Waals surface area contributed by atoms with Gasteiger partial charge >= 0.3 is 0 Å². The van der Waals surface area contributed by atoms with Crippen LogP contribution in [0.4, 0.5) is 5.69 Å². The van der Waals surface area contributed by atoms with E-state index in [1.807, 2.05) is 25.1 Å². The third kappa shape index (κ3) is 3.86. The number of anilines is 1. The number of aromatic nitrogens is 2. The van der Waals surface area contributed by atoms with Crippen LogP contribution in [-0.4, -0.2) is 15.5 Å². The van der Waals surface area contributed by atoms with E-state index in [1.54, 1.807) is 31.2 Å². The zero-order valence-electron chi connectivity index (χ0n) is 16.2. The zero-order valence-corrected chi connectivity index (χ0v) is 18.5. The Kier molecular flexibility index (Phi) is 5.64. The standard InChI is InChI=1S/C22H17Cl2N3O2S/c1-12-9-15(23)7-8-17(12)26-20(28)19-13(2)18-21(30-19)25-11-27(22(18)29)10-14-5-3-4-6-16(14)24/h3-9,11H,10H2,1-2H3,(H,26,28). The topological polar surface area (TPSA) is 64.0 Å². The molecular weight excluding hydrogens is 441 g/mol. The molecule has 2 heterocycles. The Morgan fingerprint density at radius 2 is 1.93 bits per heavy atom. The number of hydrogen-bond acceptors (Lipinski definition) is 4. The molecule has 0 spiro atoms. The van der Waals surface area contributed by atoms with Crippen LogP contribution in [0.25, 0.3) is 10.2 Å². The van der Waals surface area contributed by atoms with Gasteiger partial charge < -0.3 is 5.32 Å². The molecule has 0 unspecified atom stereocenters. The maximum Gasteiger partial charge on any atom is 0.266 e. The first-order valence-electron chi connectivity index (χ1n) is 9.14. The molecule has 0 atom stereocenters. The molecule has 0 fully saturated rings. The number of carbonyl (C=O) groups is 1. The number of thiophene rings is 1. The second kappa shape index (κ2) is 8.22. The van der Waals surface area contributed by atoms with E-state index in [-0.39, 0.29) is 11.5 Å². The first-order valence-corrected chi connectivity index (χ1v) is 10.7. The summed E-state index contributed by atoms with van der Waals surface area (Å²) in [6, 6.07) is 12.6. The Labute approximate surface area is 186 Å². The summed E-state index contributed by atoms with van der Waals surface area (Å²) in [6.07, 6.45) is 1.50. The molecule has 1 amide bonds. The van der Waals surface area contributed by atoms with E-state index in [0.29, 0.717) is 42.9 Å². The molecule has 152 valence electrons. The van der Waals surface area contributed by atoms with Crippen molar-refractivity contribution >= 4 is 56.3 Å². The van der Waals surface area contributed by atoms with E-state index < -0.39 is 0 Å². The van der Waals surface area contributed by atoms with Crippen LogP contribution < -0.4 is 10.9 Å². The molecule has 1 N–H and O–H groups in total. The summed E-state index contributed by atoms with van der Waals surface area (Å²) in [5.41, 5.74) is 2.77. The van der Waals surface area contributed by atoms with Gasteiger partial charge in [0.1, 0.15) is 4.83 Å². The average Bonchev–Trinajstić information content (AvgIpc) is 3.05. The van der Waals surface area contributed by atoms with Crippen LogP contribution >= 0.6 is 34.5 Å². The van der Waals surface area contributed by atoms with E-state index in [1.165, 1.54) is 22.2 Å². The highest BCUT2D eigenvalue weighted by molar-refractivity contribution is 7.20. The Bertz CT molecular complexity index is 1340. The number of benzene rings is 2. The monoisotopic (exact) mass is 457 g/mol. The van der Waals surface area contributed by atoms with Crippen molar-refractivity contribution in [2.75, 3.05) is 5.32 Å². The molecule has 0 saturated carbocycles. The van der Waals surface area contributed by atoms with Crippen molar-refractivity contribution in [2.24, 2.45) is 0 Å². The fourth-order valence-electron chi connectivity index (χ4n) is 3.24. The van der Waals surface area contributed by atoms with E-state index in [2.05, 4.69) is 10.3 Å². The van der Waals surface area contributed by atoms with E-state index in [9.17, 15) is 9.59 Å². The number of aryl methyl sites for hydroxylation is 2.